The van der Waals surface area contributed by atoms with Crippen LogP contribution in [-0.2, 0) is 27.3 Å². The average Bonchev–Trinajstić information content (AvgIpc) is 3.39. The third-order valence-corrected chi connectivity index (χ3v) is 6.99. The minimum Gasteiger partial charge on any atom is -0.483 e. The molecular formula is C21H32N6O6S. The number of hydrogen-bond acceptors (Lipinski definition) is 9. The minimum atomic E-state index is -0.250. The SMILES string of the molecule is CCc1nn2c(=O)cc(CN3C[C@H]4CN(C(C)=O)C[C@@]4(CN(C)C)C3)nc2s1.O=CO.O=CO. The molecule has 2 saturated heterocycles. The molecule has 0 saturated carbocycles. The first-order valence-electron chi connectivity index (χ1n) is 10.8. The Morgan fingerprint density at radius 1 is 1.26 bits per heavy atom. The second kappa shape index (κ2) is 12.0. The van der Waals surface area contributed by atoms with Gasteiger partial charge in [-0.25, -0.2) is 4.98 Å². The Labute approximate surface area is 201 Å². The van der Waals surface area contributed by atoms with Gasteiger partial charge in [0.2, 0.25) is 10.9 Å². The number of nitrogens with zero attached hydrogens (tertiary/aromatic N) is 6. The van der Waals surface area contributed by atoms with Crippen LogP contribution in [0.15, 0.2) is 10.9 Å². The summed E-state index contributed by atoms with van der Waals surface area (Å²) in [6.07, 6.45) is 0.802. The molecule has 2 aromatic heterocycles. The number of fused-ring (bicyclic) bond motifs is 2. The molecule has 12 nitrogen and oxygen atoms in total. The van der Waals surface area contributed by atoms with E-state index in [2.05, 4.69) is 29.0 Å². The number of rotatable bonds is 5. The highest BCUT2D eigenvalue weighted by Crippen LogP contribution is 2.43. The molecule has 0 spiro atoms. The van der Waals surface area contributed by atoms with Gasteiger partial charge in [0, 0.05) is 57.7 Å². The van der Waals surface area contributed by atoms with Crippen molar-refractivity contribution < 1.29 is 24.6 Å². The van der Waals surface area contributed by atoms with E-state index < -0.39 is 0 Å². The van der Waals surface area contributed by atoms with E-state index in [0.29, 0.717) is 17.4 Å². The van der Waals surface area contributed by atoms with E-state index in [1.165, 1.54) is 15.9 Å². The number of hydrogen-bond donors (Lipinski definition) is 2. The summed E-state index contributed by atoms with van der Waals surface area (Å²) in [5, 5.41) is 19.0. The predicted molar refractivity (Wildman–Crippen MR) is 126 cm³/mol. The minimum absolute atomic E-state index is 0.0915. The average molecular weight is 497 g/mol. The molecule has 4 heterocycles. The fourth-order valence-electron chi connectivity index (χ4n) is 4.85. The first-order valence-corrected chi connectivity index (χ1v) is 11.6. The van der Waals surface area contributed by atoms with Crippen LogP contribution in [0.25, 0.3) is 4.96 Å². The van der Waals surface area contributed by atoms with Gasteiger partial charge in [0.1, 0.15) is 5.01 Å². The van der Waals surface area contributed by atoms with E-state index in [1.54, 1.807) is 13.0 Å². The predicted octanol–water partition coefficient (Wildman–Crippen LogP) is -0.0431. The number of amides is 1. The first-order chi connectivity index (χ1) is 16.1. The Balaban J connectivity index is 0.000000618. The zero-order chi connectivity index (χ0) is 25.5. The number of aromatic nitrogens is 3. The van der Waals surface area contributed by atoms with Crippen molar-refractivity contribution in [3.05, 3.63) is 27.1 Å². The van der Waals surface area contributed by atoms with Crippen molar-refractivity contribution in [2.45, 2.75) is 26.8 Å². The lowest BCUT2D eigenvalue weighted by atomic mass is 9.80. The molecule has 2 atom stereocenters. The fourth-order valence-corrected chi connectivity index (χ4v) is 5.71. The molecule has 34 heavy (non-hydrogen) atoms. The molecule has 1 amide bonds. The van der Waals surface area contributed by atoms with E-state index in [9.17, 15) is 9.59 Å². The first kappa shape index (κ1) is 27.3. The normalized spacial score (nSPS) is 21.4. The monoisotopic (exact) mass is 496 g/mol. The van der Waals surface area contributed by atoms with Crippen LogP contribution in [0, 0.1) is 11.3 Å². The molecule has 2 fully saturated rings. The molecule has 13 heteroatoms. The van der Waals surface area contributed by atoms with E-state index in [4.69, 9.17) is 24.8 Å². The molecule has 0 unspecified atom stereocenters. The van der Waals surface area contributed by atoms with Crippen LogP contribution in [-0.4, -0.2) is 105 Å². The number of carbonyl (C=O) groups excluding carboxylic acids is 1. The summed E-state index contributed by atoms with van der Waals surface area (Å²) in [7, 11) is 4.19. The van der Waals surface area contributed by atoms with Gasteiger partial charge in [-0.2, -0.15) is 9.61 Å². The smallest absolute Gasteiger partial charge is 0.290 e. The maximum atomic E-state index is 12.4. The molecular weight excluding hydrogens is 464 g/mol. The van der Waals surface area contributed by atoms with Gasteiger partial charge >= 0.3 is 0 Å². The van der Waals surface area contributed by atoms with E-state index >= 15 is 0 Å². The highest BCUT2D eigenvalue weighted by atomic mass is 32.1. The van der Waals surface area contributed by atoms with Crippen molar-refractivity contribution in [2.24, 2.45) is 11.3 Å². The van der Waals surface area contributed by atoms with Crippen LogP contribution in [0.5, 0.6) is 0 Å². The van der Waals surface area contributed by atoms with Gasteiger partial charge in [-0.15, -0.1) is 0 Å². The van der Waals surface area contributed by atoms with Crippen LogP contribution in [0.1, 0.15) is 24.5 Å². The van der Waals surface area contributed by atoms with Crippen molar-refractivity contribution >= 4 is 35.1 Å². The van der Waals surface area contributed by atoms with Crippen LogP contribution in [0.2, 0.25) is 0 Å². The largest absolute Gasteiger partial charge is 0.483 e. The molecule has 0 radical (unpaired) electrons. The van der Waals surface area contributed by atoms with Gasteiger partial charge in [-0.1, -0.05) is 18.3 Å². The lowest BCUT2D eigenvalue weighted by molar-refractivity contribution is -0.128. The molecule has 0 bridgehead atoms. The van der Waals surface area contributed by atoms with Crippen LogP contribution >= 0.6 is 11.3 Å². The Hall–Kier alpha value is -2.90. The summed E-state index contributed by atoms with van der Waals surface area (Å²) in [5.74, 6) is 0.620. The number of carbonyl (C=O) groups is 3. The van der Waals surface area contributed by atoms with E-state index in [-0.39, 0.29) is 29.8 Å². The third kappa shape index (κ3) is 6.36. The quantitative estimate of drug-likeness (QED) is 0.540. The zero-order valence-corrected chi connectivity index (χ0v) is 20.7. The summed E-state index contributed by atoms with van der Waals surface area (Å²) < 4.78 is 1.41. The molecule has 0 aliphatic carbocycles. The summed E-state index contributed by atoms with van der Waals surface area (Å²) in [6, 6.07) is 1.61. The maximum Gasteiger partial charge on any atom is 0.290 e. The van der Waals surface area contributed by atoms with Crippen molar-refractivity contribution in [3.63, 3.8) is 0 Å². The highest BCUT2D eigenvalue weighted by Gasteiger charge is 2.53. The Morgan fingerprint density at radius 2 is 1.91 bits per heavy atom. The summed E-state index contributed by atoms with van der Waals surface area (Å²) in [5.41, 5.74) is 0.787. The Kier molecular flexibility index (Phi) is 9.65. The molecule has 2 N–H and O–H groups in total. The van der Waals surface area contributed by atoms with Crippen LogP contribution < -0.4 is 5.56 Å². The Morgan fingerprint density at radius 3 is 2.47 bits per heavy atom. The number of likely N-dealkylation sites (tertiary alicyclic amines) is 2. The summed E-state index contributed by atoms with van der Waals surface area (Å²) in [4.78, 5) is 53.0. The summed E-state index contributed by atoms with van der Waals surface area (Å²) >= 11 is 1.48. The Bertz CT molecular complexity index is 1050. The second-order valence-electron chi connectivity index (χ2n) is 8.71. The number of carboxylic acid groups (broad SMARTS) is 2. The van der Waals surface area contributed by atoms with Gasteiger partial charge < -0.3 is 20.0 Å². The standard InChI is InChI=1S/C19H28N6O2S.2CH2O2/c1-5-16-21-25-17(27)6-15(20-18(25)28-16)9-23-7-14-8-24(13(2)26)12-19(14,11-23)10-22(3)4;2*2-1-3/h6,14H,5,7-12H2,1-4H3;2*1H,(H,2,3)/t14-,19+;;/m0../s1. The lowest BCUT2D eigenvalue weighted by Gasteiger charge is -2.32. The van der Waals surface area contributed by atoms with Crippen LogP contribution in [0.4, 0.5) is 0 Å². The second-order valence-corrected chi connectivity index (χ2v) is 9.75. The molecule has 4 rings (SSSR count). The van der Waals surface area contributed by atoms with E-state index in [0.717, 1.165) is 49.8 Å². The molecule has 2 aliphatic heterocycles. The fraction of sp³-hybridized carbons (Fsp3) is 0.619. The van der Waals surface area contributed by atoms with Crippen molar-refractivity contribution in [2.75, 3.05) is 46.8 Å². The molecule has 2 aliphatic rings. The lowest BCUT2D eigenvalue weighted by Crippen LogP contribution is -2.42. The van der Waals surface area contributed by atoms with Gasteiger partial charge in [-0.05, 0) is 26.4 Å². The van der Waals surface area contributed by atoms with Gasteiger partial charge in [-0.3, -0.25) is 24.1 Å². The highest BCUT2D eigenvalue weighted by molar-refractivity contribution is 7.16. The van der Waals surface area contributed by atoms with Crippen molar-refractivity contribution in [1.82, 2.24) is 29.3 Å². The van der Waals surface area contributed by atoms with Crippen molar-refractivity contribution in [1.29, 1.82) is 0 Å². The zero-order valence-electron chi connectivity index (χ0n) is 19.9. The van der Waals surface area contributed by atoms with Gasteiger partial charge in [0.25, 0.3) is 18.5 Å². The van der Waals surface area contributed by atoms with Crippen LogP contribution in [0.3, 0.4) is 0 Å². The summed E-state index contributed by atoms with van der Waals surface area (Å²) in [6.45, 7) is 8.30. The van der Waals surface area contributed by atoms with E-state index in [1.807, 2.05) is 11.8 Å². The molecule has 2 aromatic rings. The molecule has 188 valence electrons. The maximum absolute atomic E-state index is 12.4. The topological polar surface area (TPSA) is 149 Å². The molecule has 0 aromatic carbocycles. The number of aryl methyl sites for hydroxylation is 1. The van der Waals surface area contributed by atoms with Gasteiger partial charge in [0.05, 0.1) is 5.69 Å². The van der Waals surface area contributed by atoms with Crippen molar-refractivity contribution in [3.8, 4) is 0 Å². The van der Waals surface area contributed by atoms with Gasteiger partial charge in [0.15, 0.2) is 0 Å². The third-order valence-electron chi connectivity index (χ3n) is 5.93.